The summed E-state index contributed by atoms with van der Waals surface area (Å²) in [4.78, 5) is 18.5. The van der Waals surface area contributed by atoms with E-state index in [0.717, 1.165) is 11.3 Å². The smallest absolute Gasteiger partial charge is 0.293 e. The normalized spacial score (nSPS) is 22.4. The topological polar surface area (TPSA) is 82.6 Å². The van der Waals surface area contributed by atoms with Gasteiger partial charge in [0.25, 0.3) is 0 Å². The number of amides is 2. The number of fused-ring (bicyclic) bond motifs is 2. The molecule has 1 aromatic carbocycles. The Morgan fingerprint density at radius 2 is 2.11 bits per heavy atom. The molecule has 1 fully saturated rings. The first-order valence-corrected chi connectivity index (χ1v) is 11.6. The molecule has 7 nitrogen and oxygen atoms in total. The average molecular weight is 447 g/mol. The zero-order valence-corrected chi connectivity index (χ0v) is 17.4. The molecule has 11 heteroatoms. The van der Waals surface area contributed by atoms with Gasteiger partial charge in [0.05, 0.1) is 12.5 Å². The number of hydrogen-bond donors (Lipinski definition) is 1. The van der Waals surface area contributed by atoms with Gasteiger partial charge in [-0.05, 0) is 30.2 Å². The predicted octanol–water partition coefficient (Wildman–Crippen LogP) is 3.41. The second-order valence-electron chi connectivity index (χ2n) is 6.77. The number of halogens is 2. The van der Waals surface area contributed by atoms with Gasteiger partial charge in [0.15, 0.2) is 5.13 Å². The molecule has 1 saturated heterocycles. The van der Waals surface area contributed by atoms with E-state index < -0.39 is 15.4 Å². The van der Waals surface area contributed by atoms with Crippen LogP contribution < -0.4 is 10.2 Å². The number of aromatic nitrogens is 1. The number of carbonyl (C=O) groups excluding carboxylic acids is 1. The number of rotatable bonds is 2. The summed E-state index contributed by atoms with van der Waals surface area (Å²) in [6.07, 6.45) is 3.30. The van der Waals surface area contributed by atoms with E-state index in [-0.39, 0.29) is 6.03 Å². The van der Waals surface area contributed by atoms with Crippen LogP contribution in [0.15, 0.2) is 24.4 Å². The number of anilines is 2. The maximum atomic E-state index is 12.9. The largest absolute Gasteiger partial charge is 0.328 e. The number of nitrogens with zero attached hydrogens (tertiary/aromatic N) is 3. The molecule has 2 aliphatic heterocycles. The Labute approximate surface area is 170 Å². The summed E-state index contributed by atoms with van der Waals surface area (Å²) < 4.78 is 25.9. The molecular formula is C16H16Cl2N4O3S2. The van der Waals surface area contributed by atoms with Crippen LogP contribution in [-0.2, 0) is 15.4 Å². The molecule has 3 heterocycles. The summed E-state index contributed by atoms with van der Waals surface area (Å²) in [5.74, 6) is 0. The quantitative estimate of drug-likeness (QED) is 0.765. The van der Waals surface area contributed by atoms with Crippen molar-refractivity contribution in [3.05, 3.63) is 39.3 Å². The van der Waals surface area contributed by atoms with Crippen molar-refractivity contribution in [2.45, 2.75) is 11.8 Å². The Morgan fingerprint density at radius 3 is 2.74 bits per heavy atom. The maximum Gasteiger partial charge on any atom is 0.328 e. The highest BCUT2D eigenvalue weighted by molar-refractivity contribution is 7.88. The van der Waals surface area contributed by atoms with Crippen LogP contribution in [0.5, 0.6) is 0 Å². The molecule has 4 rings (SSSR count). The van der Waals surface area contributed by atoms with Gasteiger partial charge in [0.2, 0.25) is 10.0 Å². The molecule has 1 atom stereocenters. The zero-order valence-electron chi connectivity index (χ0n) is 14.3. The summed E-state index contributed by atoms with van der Waals surface area (Å²) in [5.41, 5.74) is 1.16. The molecular weight excluding hydrogens is 431 g/mol. The van der Waals surface area contributed by atoms with E-state index >= 15 is 0 Å². The highest BCUT2D eigenvalue weighted by Crippen LogP contribution is 2.47. The van der Waals surface area contributed by atoms with Gasteiger partial charge >= 0.3 is 6.03 Å². The monoisotopic (exact) mass is 446 g/mol. The molecule has 2 aliphatic rings. The number of nitrogens with one attached hydrogen (secondary N) is 1. The number of sulfonamides is 1. The van der Waals surface area contributed by atoms with Crippen LogP contribution in [0.25, 0.3) is 0 Å². The third-order valence-electron chi connectivity index (χ3n) is 5.01. The van der Waals surface area contributed by atoms with Crippen LogP contribution in [0.4, 0.5) is 15.6 Å². The van der Waals surface area contributed by atoms with Crippen molar-refractivity contribution < 1.29 is 13.2 Å². The molecule has 1 spiro atoms. The van der Waals surface area contributed by atoms with Gasteiger partial charge < -0.3 is 0 Å². The average Bonchev–Trinajstić information content (AvgIpc) is 3.27. The van der Waals surface area contributed by atoms with Gasteiger partial charge in [0, 0.05) is 35.8 Å². The van der Waals surface area contributed by atoms with E-state index in [9.17, 15) is 13.2 Å². The lowest BCUT2D eigenvalue weighted by Crippen LogP contribution is -2.41. The Morgan fingerprint density at radius 1 is 1.33 bits per heavy atom. The molecule has 27 heavy (non-hydrogen) atoms. The van der Waals surface area contributed by atoms with Gasteiger partial charge in [-0.25, -0.2) is 22.5 Å². The highest BCUT2D eigenvalue weighted by Gasteiger charge is 2.50. The summed E-state index contributed by atoms with van der Waals surface area (Å²) in [6, 6.07) is 5.02. The van der Waals surface area contributed by atoms with Gasteiger partial charge in [-0.1, -0.05) is 34.5 Å². The SMILES string of the molecule is CS(=O)(=O)N1CCC2(CN(C(=O)Nc3ncc(Cl)s3)c3ccc(Cl)cc32)C1. The van der Waals surface area contributed by atoms with Crippen LogP contribution in [0, 0.1) is 0 Å². The lowest BCUT2D eigenvalue weighted by molar-refractivity contribution is 0.256. The first kappa shape index (κ1) is 18.9. The first-order valence-electron chi connectivity index (χ1n) is 8.13. The fourth-order valence-corrected chi connectivity index (χ4v) is 5.64. The van der Waals surface area contributed by atoms with Crippen molar-refractivity contribution >= 4 is 61.4 Å². The number of urea groups is 1. The van der Waals surface area contributed by atoms with Crippen LogP contribution in [0.2, 0.25) is 9.36 Å². The lowest BCUT2D eigenvalue weighted by atomic mass is 9.82. The molecule has 2 aromatic rings. The van der Waals surface area contributed by atoms with E-state index in [4.69, 9.17) is 23.2 Å². The van der Waals surface area contributed by atoms with E-state index in [1.165, 1.54) is 28.1 Å². The third kappa shape index (κ3) is 3.42. The van der Waals surface area contributed by atoms with E-state index in [1.807, 2.05) is 6.07 Å². The Balaban J connectivity index is 1.67. The van der Waals surface area contributed by atoms with Crippen molar-refractivity contribution in [3.8, 4) is 0 Å². The molecule has 1 N–H and O–H groups in total. The molecule has 0 radical (unpaired) electrons. The molecule has 1 unspecified atom stereocenters. The van der Waals surface area contributed by atoms with Crippen molar-refractivity contribution in [1.29, 1.82) is 0 Å². The maximum absolute atomic E-state index is 12.9. The number of thiazole rings is 1. The highest BCUT2D eigenvalue weighted by atomic mass is 35.5. The van der Waals surface area contributed by atoms with Crippen LogP contribution in [-0.4, -0.2) is 49.6 Å². The Bertz CT molecular complexity index is 1030. The molecule has 2 amide bonds. The van der Waals surface area contributed by atoms with Crippen molar-refractivity contribution in [3.63, 3.8) is 0 Å². The predicted molar refractivity (Wildman–Crippen MR) is 108 cm³/mol. The van der Waals surface area contributed by atoms with Gasteiger partial charge in [-0.2, -0.15) is 0 Å². The van der Waals surface area contributed by atoms with Gasteiger partial charge in [-0.15, -0.1) is 0 Å². The van der Waals surface area contributed by atoms with Gasteiger partial charge in [-0.3, -0.25) is 10.2 Å². The summed E-state index contributed by atoms with van der Waals surface area (Å²) in [6.45, 7) is 1.12. The van der Waals surface area contributed by atoms with Crippen molar-refractivity contribution in [1.82, 2.24) is 9.29 Å². The molecule has 1 aromatic heterocycles. The molecule has 144 valence electrons. The summed E-state index contributed by atoms with van der Waals surface area (Å²) in [5, 5.41) is 3.72. The van der Waals surface area contributed by atoms with Crippen molar-refractivity contribution in [2.75, 3.05) is 36.1 Å². The number of carbonyl (C=O) groups is 1. The zero-order chi connectivity index (χ0) is 19.4. The van der Waals surface area contributed by atoms with Crippen LogP contribution in [0.3, 0.4) is 0 Å². The fourth-order valence-electron chi connectivity index (χ4n) is 3.76. The van der Waals surface area contributed by atoms with Crippen LogP contribution >= 0.6 is 34.5 Å². The fraction of sp³-hybridized carbons (Fsp3) is 0.375. The number of hydrogen-bond acceptors (Lipinski definition) is 5. The minimum atomic E-state index is -3.30. The van der Waals surface area contributed by atoms with Gasteiger partial charge in [0.1, 0.15) is 4.34 Å². The summed E-state index contributed by atoms with van der Waals surface area (Å²) in [7, 11) is -3.30. The first-order chi connectivity index (χ1) is 12.7. The number of benzene rings is 1. The van der Waals surface area contributed by atoms with E-state index in [0.29, 0.717) is 40.5 Å². The van der Waals surface area contributed by atoms with Crippen molar-refractivity contribution in [2.24, 2.45) is 0 Å². The Kier molecular flexibility index (Phi) is 4.63. The molecule has 0 aliphatic carbocycles. The Hall–Kier alpha value is -1.39. The van der Waals surface area contributed by atoms with E-state index in [2.05, 4.69) is 10.3 Å². The minimum Gasteiger partial charge on any atom is -0.293 e. The summed E-state index contributed by atoms with van der Waals surface area (Å²) >= 11 is 13.2. The second-order valence-corrected chi connectivity index (χ2v) is 10.9. The second kappa shape index (κ2) is 6.59. The van der Waals surface area contributed by atoms with E-state index in [1.54, 1.807) is 17.0 Å². The third-order valence-corrected chi connectivity index (χ3v) is 7.52. The minimum absolute atomic E-state index is 0.325. The molecule has 0 saturated carbocycles. The standard InChI is InChI=1S/C16H16Cl2N4O3S2/c1-27(24,25)21-5-4-16(8-21)9-22(12-3-2-10(17)6-11(12)16)15(23)20-14-19-7-13(18)26-14/h2-3,6-7H,4-5,8-9H2,1H3,(H,19,20,23). The van der Waals surface area contributed by atoms with Crippen LogP contribution in [0.1, 0.15) is 12.0 Å². The molecule has 0 bridgehead atoms. The lowest BCUT2D eigenvalue weighted by Gasteiger charge is -2.25.